The lowest BCUT2D eigenvalue weighted by molar-refractivity contribution is 0.188. The van der Waals surface area contributed by atoms with Gasteiger partial charge in [0.25, 0.3) is 0 Å². The van der Waals surface area contributed by atoms with Crippen molar-refractivity contribution in [3.05, 3.63) is 53.2 Å². The highest BCUT2D eigenvalue weighted by molar-refractivity contribution is 6.36. The van der Waals surface area contributed by atoms with Crippen molar-refractivity contribution in [2.75, 3.05) is 38.2 Å². The number of halogens is 3. The van der Waals surface area contributed by atoms with E-state index in [4.69, 9.17) is 21.3 Å². The average Bonchev–Trinajstić information content (AvgIpc) is 3.52. The molecule has 2 aromatic carbocycles. The average molecular weight is 551 g/mol. The first-order chi connectivity index (χ1) is 19.0. The lowest BCUT2D eigenvalue weighted by Crippen LogP contribution is -2.51. The number of anilines is 1. The Balaban J connectivity index is 1.36. The normalized spacial score (nSPS) is 23.3. The summed E-state index contributed by atoms with van der Waals surface area (Å²) in [6, 6.07) is 9.41. The van der Waals surface area contributed by atoms with E-state index in [0.29, 0.717) is 46.2 Å². The van der Waals surface area contributed by atoms with Gasteiger partial charge in [0.15, 0.2) is 5.82 Å². The number of pyridine rings is 1. The van der Waals surface area contributed by atoms with E-state index < -0.39 is 11.6 Å². The number of aromatic nitrogens is 3. The molecular formula is C29H29ClF2N6O. The fraction of sp³-hybridized carbons (Fsp3) is 0.414. The Hall–Kier alpha value is -3.14. The molecule has 1 N–H and O–H groups in total. The van der Waals surface area contributed by atoms with Gasteiger partial charge in [0.1, 0.15) is 29.5 Å². The summed E-state index contributed by atoms with van der Waals surface area (Å²) in [5.41, 5.74) is 0.606. The Bertz CT molecular complexity index is 1570. The maximum absolute atomic E-state index is 16.4. The van der Waals surface area contributed by atoms with Gasteiger partial charge in [0, 0.05) is 48.4 Å². The molecule has 0 saturated carbocycles. The third-order valence-electron chi connectivity index (χ3n) is 8.43. The van der Waals surface area contributed by atoms with Crippen LogP contribution in [-0.4, -0.2) is 71.3 Å². The van der Waals surface area contributed by atoms with Crippen molar-refractivity contribution in [3.8, 4) is 17.3 Å². The van der Waals surface area contributed by atoms with Gasteiger partial charge in [-0.05, 0) is 50.7 Å². The SMILES string of the molecule is CN1CCCC1COc1nc(N2C[C@H]3CC[C@@H](C2)N3)c2cnc(-c3cccc4ccc(F)c(Cl)c34)c(F)c2n1. The minimum Gasteiger partial charge on any atom is -0.462 e. The molecule has 3 aliphatic heterocycles. The zero-order valence-electron chi connectivity index (χ0n) is 21.6. The Kier molecular flexibility index (Phi) is 6.25. The van der Waals surface area contributed by atoms with Crippen molar-refractivity contribution in [3.63, 3.8) is 0 Å². The van der Waals surface area contributed by atoms with Crippen LogP contribution in [0.15, 0.2) is 36.5 Å². The highest BCUT2D eigenvalue weighted by atomic mass is 35.5. The molecule has 4 aromatic rings. The topological polar surface area (TPSA) is 66.4 Å². The van der Waals surface area contributed by atoms with E-state index in [1.54, 1.807) is 24.4 Å². The molecule has 2 aromatic heterocycles. The second-order valence-corrected chi connectivity index (χ2v) is 11.3. The lowest BCUT2D eigenvalue weighted by Gasteiger charge is -2.34. The van der Waals surface area contributed by atoms with Crippen LogP contribution in [-0.2, 0) is 0 Å². The monoisotopic (exact) mass is 550 g/mol. The van der Waals surface area contributed by atoms with Crippen LogP contribution in [0.3, 0.4) is 0 Å². The molecular weight excluding hydrogens is 522 g/mol. The van der Waals surface area contributed by atoms with E-state index in [-0.39, 0.29) is 28.3 Å². The third-order valence-corrected chi connectivity index (χ3v) is 8.80. The van der Waals surface area contributed by atoms with E-state index in [1.165, 1.54) is 6.07 Å². The molecule has 7 nitrogen and oxygen atoms in total. The molecule has 0 aliphatic carbocycles. The molecule has 10 heteroatoms. The number of ether oxygens (including phenoxy) is 1. The van der Waals surface area contributed by atoms with Crippen LogP contribution in [0.1, 0.15) is 25.7 Å². The van der Waals surface area contributed by atoms with Gasteiger partial charge in [-0.1, -0.05) is 35.9 Å². The van der Waals surface area contributed by atoms with Crippen molar-refractivity contribution >= 4 is 39.1 Å². The zero-order valence-corrected chi connectivity index (χ0v) is 22.4. The van der Waals surface area contributed by atoms with E-state index in [0.717, 1.165) is 45.3 Å². The molecule has 0 radical (unpaired) electrons. The number of piperazine rings is 1. The first-order valence-corrected chi connectivity index (χ1v) is 13.9. The Morgan fingerprint density at radius 1 is 1.08 bits per heavy atom. The summed E-state index contributed by atoms with van der Waals surface area (Å²) in [6.07, 6.45) is 6.00. The molecule has 3 atom stereocenters. The third kappa shape index (κ3) is 4.37. The molecule has 5 heterocycles. The van der Waals surface area contributed by atoms with Gasteiger partial charge in [-0.3, -0.25) is 4.98 Å². The number of nitrogens with one attached hydrogen (secondary N) is 1. The summed E-state index contributed by atoms with van der Waals surface area (Å²) in [5.74, 6) is -0.540. The fourth-order valence-electron chi connectivity index (χ4n) is 6.35. The molecule has 0 amide bonds. The van der Waals surface area contributed by atoms with Gasteiger partial charge in [-0.2, -0.15) is 9.97 Å². The van der Waals surface area contributed by atoms with E-state index in [9.17, 15) is 4.39 Å². The quantitative estimate of drug-likeness (QED) is 0.367. The second-order valence-electron chi connectivity index (χ2n) is 10.9. The summed E-state index contributed by atoms with van der Waals surface area (Å²) < 4.78 is 37.0. The number of rotatable bonds is 5. The molecule has 39 heavy (non-hydrogen) atoms. The van der Waals surface area contributed by atoms with Crippen LogP contribution in [0.5, 0.6) is 6.01 Å². The van der Waals surface area contributed by atoms with Gasteiger partial charge in [0.05, 0.1) is 10.4 Å². The highest BCUT2D eigenvalue weighted by Gasteiger charge is 2.34. The maximum Gasteiger partial charge on any atom is 0.319 e. The molecule has 3 saturated heterocycles. The molecule has 2 bridgehead atoms. The molecule has 7 rings (SSSR count). The van der Waals surface area contributed by atoms with Crippen LogP contribution in [0.4, 0.5) is 14.6 Å². The predicted molar refractivity (Wildman–Crippen MR) is 149 cm³/mol. The van der Waals surface area contributed by atoms with Crippen molar-refractivity contribution in [2.24, 2.45) is 0 Å². The summed E-state index contributed by atoms with van der Waals surface area (Å²) in [5, 5.41) is 5.21. The van der Waals surface area contributed by atoms with E-state index >= 15 is 4.39 Å². The van der Waals surface area contributed by atoms with E-state index in [1.807, 2.05) is 6.07 Å². The van der Waals surface area contributed by atoms with Crippen LogP contribution >= 0.6 is 11.6 Å². The van der Waals surface area contributed by atoms with Gasteiger partial charge in [-0.25, -0.2) is 8.78 Å². The summed E-state index contributed by atoms with van der Waals surface area (Å²) >= 11 is 6.36. The second kappa shape index (κ2) is 9.80. The highest BCUT2D eigenvalue weighted by Crippen LogP contribution is 2.38. The number of hydrogen-bond acceptors (Lipinski definition) is 7. The van der Waals surface area contributed by atoms with Crippen LogP contribution in [0, 0.1) is 11.6 Å². The molecule has 202 valence electrons. The number of benzene rings is 2. The van der Waals surface area contributed by atoms with Crippen LogP contribution in [0.25, 0.3) is 32.9 Å². The van der Waals surface area contributed by atoms with Crippen molar-refractivity contribution in [1.29, 1.82) is 0 Å². The standard InChI is InChI=1S/C29H29ClF2N6O/c1-37-11-3-5-19(37)15-39-29-35-27-21(28(36-29)38-13-17-8-9-18(14-38)34-17)12-33-26(25(27)32)20-6-2-4-16-7-10-22(31)24(30)23(16)20/h2,4,6-7,10,12,17-19,34H,3,5,8-9,11,13-15H2,1H3/t17-,18+,19?. The maximum atomic E-state index is 16.4. The van der Waals surface area contributed by atoms with Crippen LogP contribution in [0.2, 0.25) is 5.02 Å². The number of hydrogen-bond donors (Lipinski definition) is 1. The Labute approximate surface area is 230 Å². The minimum absolute atomic E-state index is 0.0613. The predicted octanol–water partition coefficient (Wildman–Crippen LogP) is 5.19. The number of nitrogens with zero attached hydrogens (tertiary/aromatic N) is 5. The van der Waals surface area contributed by atoms with E-state index in [2.05, 4.69) is 32.1 Å². The first-order valence-electron chi connectivity index (χ1n) is 13.5. The van der Waals surface area contributed by atoms with Gasteiger partial charge in [0.2, 0.25) is 0 Å². The van der Waals surface area contributed by atoms with Crippen molar-refractivity contribution in [1.82, 2.24) is 25.2 Å². The largest absolute Gasteiger partial charge is 0.462 e. The Morgan fingerprint density at radius 3 is 2.67 bits per heavy atom. The fourth-order valence-corrected chi connectivity index (χ4v) is 6.63. The van der Waals surface area contributed by atoms with Crippen molar-refractivity contribution in [2.45, 2.75) is 43.8 Å². The molecule has 0 spiro atoms. The number of likely N-dealkylation sites (N-methyl/N-ethyl adjacent to an activating group) is 1. The molecule has 3 fully saturated rings. The first kappa shape index (κ1) is 24.9. The van der Waals surface area contributed by atoms with Gasteiger partial charge >= 0.3 is 6.01 Å². The zero-order chi connectivity index (χ0) is 26.7. The van der Waals surface area contributed by atoms with Gasteiger partial charge in [-0.15, -0.1) is 0 Å². The smallest absolute Gasteiger partial charge is 0.319 e. The summed E-state index contributed by atoms with van der Waals surface area (Å²) in [7, 11) is 2.08. The Morgan fingerprint density at radius 2 is 1.90 bits per heavy atom. The minimum atomic E-state index is -0.607. The van der Waals surface area contributed by atoms with Crippen LogP contribution < -0.4 is 15.0 Å². The molecule has 1 unspecified atom stereocenters. The number of likely N-dealkylation sites (tertiary alicyclic amines) is 1. The molecule has 3 aliphatic rings. The van der Waals surface area contributed by atoms with Crippen molar-refractivity contribution < 1.29 is 13.5 Å². The summed E-state index contributed by atoms with van der Waals surface area (Å²) in [4.78, 5) is 18.3. The number of fused-ring (bicyclic) bond motifs is 4. The summed E-state index contributed by atoms with van der Waals surface area (Å²) in [6.45, 7) is 3.01. The van der Waals surface area contributed by atoms with Gasteiger partial charge < -0.3 is 19.9 Å². The lowest BCUT2D eigenvalue weighted by atomic mass is 10.0.